The minimum Gasteiger partial charge on any atom is -0.302 e. The van der Waals surface area contributed by atoms with Gasteiger partial charge in [-0.3, -0.25) is 5.32 Å². The molecule has 0 aliphatic carbocycles. The van der Waals surface area contributed by atoms with Crippen molar-refractivity contribution in [3.05, 3.63) is 35.5 Å². The second-order valence-corrected chi connectivity index (χ2v) is 4.04. The zero-order valence-electron chi connectivity index (χ0n) is 8.33. The molecule has 0 atom stereocenters. The largest absolute Gasteiger partial charge is 0.302 e. The summed E-state index contributed by atoms with van der Waals surface area (Å²) in [6, 6.07) is 8.44. The van der Waals surface area contributed by atoms with Crippen molar-refractivity contribution in [2.75, 3.05) is 20.1 Å². The zero-order valence-corrected chi connectivity index (χ0v) is 8.33. The quantitative estimate of drug-likeness (QED) is 0.604. The maximum atomic E-state index is 4.66. The molecule has 1 aromatic rings. The molecule has 0 N–H and O–H groups in total. The number of benzene rings is 1. The first-order valence-corrected chi connectivity index (χ1v) is 5.06. The molecule has 1 aromatic carbocycles. The van der Waals surface area contributed by atoms with Crippen molar-refractivity contribution in [2.24, 2.45) is 0 Å². The predicted molar refractivity (Wildman–Crippen MR) is 57.3 cm³/mol. The monoisotopic (exact) mass is 185 g/mol. The van der Waals surface area contributed by atoms with Gasteiger partial charge in [0.15, 0.2) is 0 Å². The van der Waals surface area contributed by atoms with Crippen LogP contribution < -0.4 is 5.32 Å². The van der Waals surface area contributed by atoms with Gasteiger partial charge in [-0.15, -0.1) is 0 Å². The first kappa shape index (κ1) is 8.06. The number of likely N-dealkylation sites (N-methyl/N-ethyl adjacent to an activating group) is 1. The maximum Gasteiger partial charge on any atom is 0.0709 e. The molecule has 0 saturated heterocycles. The zero-order chi connectivity index (χ0) is 9.54. The number of para-hydroxylation sites is 1. The molecule has 0 aromatic heterocycles. The third-order valence-corrected chi connectivity index (χ3v) is 2.99. The van der Waals surface area contributed by atoms with Gasteiger partial charge in [0.1, 0.15) is 0 Å². The molecule has 14 heavy (non-hydrogen) atoms. The average molecular weight is 185 g/mol. The lowest BCUT2D eigenvalue weighted by Gasteiger charge is -2.23. The minimum absolute atomic E-state index is 1.05. The minimum atomic E-state index is 1.05. The Kier molecular flexibility index (Phi) is 1.64. The molecule has 0 bridgehead atoms. The van der Waals surface area contributed by atoms with Crippen LogP contribution in [-0.4, -0.2) is 25.0 Å². The highest BCUT2D eigenvalue weighted by Gasteiger charge is 2.26. The number of rotatable bonds is 0. The van der Waals surface area contributed by atoms with Crippen LogP contribution in [0.4, 0.5) is 5.69 Å². The molecule has 3 rings (SSSR count). The van der Waals surface area contributed by atoms with Gasteiger partial charge in [0.2, 0.25) is 0 Å². The van der Waals surface area contributed by atoms with Crippen LogP contribution in [0.2, 0.25) is 0 Å². The molecule has 71 valence electrons. The third-order valence-electron chi connectivity index (χ3n) is 2.99. The second kappa shape index (κ2) is 2.85. The SMILES string of the molecule is CN1CCC2=C(C1)c1ccccc1[N]2. The summed E-state index contributed by atoms with van der Waals surface area (Å²) in [5.41, 5.74) is 5.25. The van der Waals surface area contributed by atoms with E-state index in [1.807, 2.05) is 0 Å². The van der Waals surface area contributed by atoms with Gasteiger partial charge in [-0.1, -0.05) is 18.2 Å². The van der Waals surface area contributed by atoms with Crippen molar-refractivity contribution in [1.82, 2.24) is 10.2 Å². The molecule has 0 unspecified atom stereocenters. The first-order valence-electron chi connectivity index (χ1n) is 5.06. The Labute approximate surface area is 84.2 Å². The van der Waals surface area contributed by atoms with E-state index in [2.05, 4.69) is 41.5 Å². The topological polar surface area (TPSA) is 17.3 Å². The Hall–Kier alpha value is -1.28. The molecular weight excluding hydrogens is 172 g/mol. The normalized spacial score (nSPS) is 20.4. The summed E-state index contributed by atoms with van der Waals surface area (Å²) in [6.45, 7) is 2.19. The number of nitrogens with zero attached hydrogens (tertiary/aromatic N) is 2. The summed E-state index contributed by atoms with van der Waals surface area (Å²) in [5.74, 6) is 0. The summed E-state index contributed by atoms with van der Waals surface area (Å²) in [5, 5.41) is 4.66. The standard InChI is InChI=1S/C12H13N2/c1-14-7-6-12-10(8-14)9-4-2-3-5-11(9)13-12/h2-5H,6-8H2,1H3. The van der Waals surface area contributed by atoms with Gasteiger partial charge in [0, 0.05) is 30.8 Å². The van der Waals surface area contributed by atoms with Gasteiger partial charge in [-0.25, -0.2) is 0 Å². The van der Waals surface area contributed by atoms with Crippen molar-refractivity contribution in [1.29, 1.82) is 0 Å². The van der Waals surface area contributed by atoms with Crippen molar-refractivity contribution < 1.29 is 0 Å². The van der Waals surface area contributed by atoms with E-state index >= 15 is 0 Å². The number of fused-ring (bicyclic) bond motifs is 2. The Balaban J connectivity index is 2.07. The molecule has 2 heterocycles. The highest BCUT2D eigenvalue weighted by molar-refractivity contribution is 5.83. The third kappa shape index (κ3) is 1.07. The van der Waals surface area contributed by atoms with Crippen molar-refractivity contribution >= 4 is 11.3 Å². The molecule has 2 aliphatic rings. The second-order valence-electron chi connectivity index (χ2n) is 4.04. The van der Waals surface area contributed by atoms with Crippen molar-refractivity contribution in [2.45, 2.75) is 6.42 Å². The fourth-order valence-electron chi connectivity index (χ4n) is 2.22. The summed E-state index contributed by atoms with van der Waals surface area (Å²) < 4.78 is 0. The van der Waals surface area contributed by atoms with Crippen LogP contribution >= 0.6 is 0 Å². The van der Waals surface area contributed by atoms with E-state index in [0.29, 0.717) is 0 Å². The van der Waals surface area contributed by atoms with Crippen LogP contribution in [0.1, 0.15) is 12.0 Å². The average Bonchev–Trinajstić information content (AvgIpc) is 2.56. The fourth-order valence-corrected chi connectivity index (χ4v) is 2.22. The Bertz CT molecular complexity index is 407. The van der Waals surface area contributed by atoms with Crippen molar-refractivity contribution in [3.8, 4) is 0 Å². The Morgan fingerprint density at radius 3 is 3.07 bits per heavy atom. The Morgan fingerprint density at radius 2 is 2.14 bits per heavy atom. The Morgan fingerprint density at radius 1 is 1.29 bits per heavy atom. The number of hydrogen-bond donors (Lipinski definition) is 0. The van der Waals surface area contributed by atoms with Gasteiger partial charge >= 0.3 is 0 Å². The van der Waals surface area contributed by atoms with Gasteiger partial charge < -0.3 is 4.90 Å². The lowest BCUT2D eigenvalue weighted by molar-refractivity contribution is 0.365. The predicted octanol–water partition coefficient (Wildman–Crippen LogP) is 1.98. The molecule has 2 aliphatic heterocycles. The van der Waals surface area contributed by atoms with E-state index in [1.54, 1.807) is 0 Å². The van der Waals surface area contributed by atoms with Crippen LogP contribution in [0.5, 0.6) is 0 Å². The molecule has 2 nitrogen and oxygen atoms in total. The van der Waals surface area contributed by atoms with Gasteiger partial charge in [0.05, 0.1) is 5.69 Å². The summed E-state index contributed by atoms with van der Waals surface area (Å²) >= 11 is 0. The van der Waals surface area contributed by atoms with E-state index in [1.165, 1.54) is 16.8 Å². The van der Waals surface area contributed by atoms with E-state index < -0.39 is 0 Å². The van der Waals surface area contributed by atoms with Crippen LogP contribution in [0.3, 0.4) is 0 Å². The smallest absolute Gasteiger partial charge is 0.0709 e. The van der Waals surface area contributed by atoms with E-state index in [9.17, 15) is 0 Å². The summed E-state index contributed by atoms with van der Waals surface area (Å²) in [7, 11) is 2.17. The van der Waals surface area contributed by atoms with Gasteiger partial charge in [-0.2, -0.15) is 0 Å². The van der Waals surface area contributed by atoms with Gasteiger partial charge in [-0.05, 0) is 18.7 Å². The van der Waals surface area contributed by atoms with E-state index in [4.69, 9.17) is 0 Å². The molecule has 2 heteroatoms. The molecular formula is C12H13N2. The van der Waals surface area contributed by atoms with Gasteiger partial charge in [0.25, 0.3) is 0 Å². The lowest BCUT2D eigenvalue weighted by Crippen LogP contribution is -2.26. The van der Waals surface area contributed by atoms with Crippen LogP contribution in [0.15, 0.2) is 30.0 Å². The van der Waals surface area contributed by atoms with Crippen LogP contribution in [0.25, 0.3) is 5.57 Å². The molecule has 0 fully saturated rings. The molecule has 0 spiro atoms. The highest BCUT2D eigenvalue weighted by Crippen LogP contribution is 2.37. The fraction of sp³-hybridized carbons (Fsp3) is 0.333. The molecule has 0 saturated carbocycles. The lowest BCUT2D eigenvalue weighted by atomic mass is 10.0. The summed E-state index contributed by atoms with van der Waals surface area (Å²) in [4.78, 5) is 2.36. The summed E-state index contributed by atoms with van der Waals surface area (Å²) in [6.07, 6.45) is 1.10. The molecule has 1 radical (unpaired) electrons. The van der Waals surface area contributed by atoms with E-state index in [0.717, 1.165) is 25.2 Å². The van der Waals surface area contributed by atoms with Crippen molar-refractivity contribution in [3.63, 3.8) is 0 Å². The number of hydrogen-bond acceptors (Lipinski definition) is 1. The van der Waals surface area contributed by atoms with Crippen LogP contribution in [0, 0.1) is 0 Å². The first-order chi connectivity index (χ1) is 6.84. The van der Waals surface area contributed by atoms with E-state index in [-0.39, 0.29) is 0 Å². The molecule has 0 amide bonds. The maximum absolute atomic E-state index is 4.66. The van der Waals surface area contributed by atoms with Crippen LogP contribution in [-0.2, 0) is 0 Å². The highest BCUT2D eigenvalue weighted by atomic mass is 15.1.